The van der Waals surface area contributed by atoms with Gasteiger partial charge in [-0.3, -0.25) is 0 Å². The first-order valence-corrected chi connectivity index (χ1v) is 8.46. The number of hydrogen-bond donors (Lipinski definition) is 1. The molecule has 0 saturated carbocycles. The van der Waals surface area contributed by atoms with Crippen LogP contribution in [0.1, 0.15) is 24.1 Å². The second-order valence-electron chi connectivity index (χ2n) is 6.25. The molecule has 3 rings (SSSR count). The Balaban J connectivity index is 1.88. The molecule has 0 fully saturated rings. The molecule has 3 heterocycles. The lowest BCUT2D eigenvalue weighted by molar-refractivity contribution is -0.144. The van der Waals surface area contributed by atoms with E-state index in [1.54, 1.807) is 26.0 Å². The number of carbonyl (C=O) groups is 1. The van der Waals surface area contributed by atoms with Crippen molar-refractivity contribution in [3.8, 4) is 11.4 Å². The third-order valence-electron chi connectivity index (χ3n) is 4.02. The van der Waals surface area contributed by atoms with E-state index in [0.29, 0.717) is 17.2 Å². The predicted octanol–water partition coefficient (Wildman–Crippen LogP) is 3.54. The summed E-state index contributed by atoms with van der Waals surface area (Å²) in [5.74, 6) is -0.175. The van der Waals surface area contributed by atoms with Gasteiger partial charge >= 0.3 is 12.1 Å². The normalized spacial score (nSPS) is 12.5. The Labute approximate surface area is 163 Å². The highest BCUT2D eigenvalue weighted by Gasteiger charge is 2.30. The highest BCUT2D eigenvalue weighted by Crippen LogP contribution is 2.30. The van der Waals surface area contributed by atoms with Crippen LogP contribution in [0.2, 0.25) is 0 Å². The van der Waals surface area contributed by atoms with Gasteiger partial charge in [0.05, 0.1) is 24.6 Å². The zero-order valence-corrected chi connectivity index (χ0v) is 15.7. The standard InChI is InChI=1S/C18H17F3N6O2/c1-10-6-13(14-9-27(26-25-14)11(2)17(28)29-3)23-16(7-10)24-15-8-12(4-5-22-15)18(19,20)21/h4-9,11H,1-3H3,(H,22,23,24). The summed E-state index contributed by atoms with van der Waals surface area (Å²) >= 11 is 0. The first-order valence-electron chi connectivity index (χ1n) is 8.46. The number of aromatic nitrogens is 5. The third-order valence-corrected chi connectivity index (χ3v) is 4.02. The smallest absolute Gasteiger partial charge is 0.416 e. The van der Waals surface area contributed by atoms with Gasteiger partial charge in [-0.2, -0.15) is 13.2 Å². The maximum Gasteiger partial charge on any atom is 0.416 e. The highest BCUT2D eigenvalue weighted by molar-refractivity contribution is 5.73. The van der Waals surface area contributed by atoms with E-state index in [4.69, 9.17) is 0 Å². The topological polar surface area (TPSA) is 94.8 Å². The number of pyridine rings is 2. The van der Waals surface area contributed by atoms with E-state index in [1.165, 1.54) is 18.0 Å². The summed E-state index contributed by atoms with van der Waals surface area (Å²) in [6, 6.07) is 4.52. The number of ether oxygens (including phenoxy) is 1. The van der Waals surface area contributed by atoms with Crippen molar-refractivity contribution in [1.82, 2.24) is 25.0 Å². The summed E-state index contributed by atoms with van der Waals surface area (Å²) in [6.07, 6.45) is -1.86. The van der Waals surface area contributed by atoms with E-state index < -0.39 is 23.8 Å². The molecule has 1 unspecified atom stereocenters. The fourth-order valence-corrected chi connectivity index (χ4v) is 2.53. The van der Waals surface area contributed by atoms with Gasteiger partial charge in [-0.15, -0.1) is 5.10 Å². The minimum atomic E-state index is -4.47. The average molecular weight is 406 g/mol. The number of nitrogens with one attached hydrogen (secondary N) is 1. The molecular formula is C18H17F3N6O2. The molecule has 0 aromatic carbocycles. The van der Waals surface area contributed by atoms with Gasteiger partial charge in [-0.05, 0) is 43.7 Å². The summed E-state index contributed by atoms with van der Waals surface area (Å²) < 4.78 is 44.7. The summed E-state index contributed by atoms with van der Waals surface area (Å²) in [6.45, 7) is 3.41. The Morgan fingerprint density at radius 3 is 2.66 bits per heavy atom. The molecule has 3 aromatic heterocycles. The molecule has 0 aliphatic heterocycles. The van der Waals surface area contributed by atoms with Gasteiger partial charge in [0.25, 0.3) is 0 Å². The monoisotopic (exact) mass is 406 g/mol. The fourth-order valence-electron chi connectivity index (χ4n) is 2.53. The minimum Gasteiger partial charge on any atom is -0.467 e. The zero-order valence-electron chi connectivity index (χ0n) is 15.7. The van der Waals surface area contributed by atoms with E-state index in [9.17, 15) is 18.0 Å². The first kappa shape index (κ1) is 20.2. The lowest BCUT2D eigenvalue weighted by Crippen LogP contribution is -2.18. The van der Waals surface area contributed by atoms with Gasteiger partial charge in [0.2, 0.25) is 0 Å². The molecule has 0 radical (unpaired) electrons. The van der Waals surface area contributed by atoms with Crippen LogP contribution in [0.5, 0.6) is 0 Å². The number of esters is 1. The third kappa shape index (κ3) is 4.68. The van der Waals surface area contributed by atoms with Crippen molar-refractivity contribution < 1.29 is 22.7 Å². The Morgan fingerprint density at radius 1 is 1.21 bits per heavy atom. The summed E-state index contributed by atoms with van der Waals surface area (Å²) in [7, 11) is 1.28. The minimum absolute atomic E-state index is 0.00634. The van der Waals surface area contributed by atoms with Crippen molar-refractivity contribution in [1.29, 1.82) is 0 Å². The number of aryl methyl sites for hydroxylation is 1. The van der Waals surface area contributed by atoms with Crippen molar-refractivity contribution in [2.24, 2.45) is 0 Å². The Morgan fingerprint density at radius 2 is 1.97 bits per heavy atom. The highest BCUT2D eigenvalue weighted by atomic mass is 19.4. The maximum absolute atomic E-state index is 12.9. The molecule has 11 heteroatoms. The number of nitrogens with zero attached hydrogens (tertiary/aromatic N) is 5. The maximum atomic E-state index is 12.9. The Kier molecular flexibility index (Phi) is 5.48. The van der Waals surface area contributed by atoms with Crippen LogP contribution in [0, 0.1) is 6.92 Å². The number of anilines is 2. The molecule has 0 saturated heterocycles. The van der Waals surface area contributed by atoms with Crippen LogP contribution in [0.3, 0.4) is 0 Å². The SMILES string of the molecule is COC(=O)C(C)n1cc(-c2cc(C)cc(Nc3cc(C(F)(F)F)ccn3)n2)nn1. The van der Waals surface area contributed by atoms with E-state index in [0.717, 1.165) is 23.9 Å². The van der Waals surface area contributed by atoms with E-state index in [2.05, 4.69) is 30.3 Å². The summed E-state index contributed by atoms with van der Waals surface area (Å²) in [4.78, 5) is 19.9. The molecule has 29 heavy (non-hydrogen) atoms. The van der Waals surface area contributed by atoms with Crippen LogP contribution in [-0.2, 0) is 15.7 Å². The molecule has 0 amide bonds. The van der Waals surface area contributed by atoms with Gasteiger partial charge in [-0.25, -0.2) is 19.4 Å². The molecule has 0 aliphatic carbocycles. The van der Waals surface area contributed by atoms with E-state index in [1.807, 2.05) is 0 Å². The summed E-state index contributed by atoms with van der Waals surface area (Å²) in [5, 5.41) is 10.7. The number of rotatable bonds is 5. The fraction of sp³-hybridized carbons (Fsp3) is 0.278. The second kappa shape index (κ2) is 7.86. The molecule has 8 nitrogen and oxygen atoms in total. The summed E-state index contributed by atoms with van der Waals surface area (Å²) in [5.41, 5.74) is 0.801. The molecular weight excluding hydrogens is 389 g/mol. The van der Waals surface area contributed by atoms with Crippen LogP contribution in [0.4, 0.5) is 24.8 Å². The van der Waals surface area contributed by atoms with Crippen molar-refractivity contribution in [2.45, 2.75) is 26.1 Å². The molecule has 1 N–H and O–H groups in total. The number of methoxy groups -OCH3 is 1. The van der Waals surface area contributed by atoms with Gasteiger partial charge in [0.1, 0.15) is 23.4 Å². The average Bonchev–Trinajstić information content (AvgIpc) is 3.16. The largest absolute Gasteiger partial charge is 0.467 e. The second-order valence-corrected chi connectivity index (χ2v) is 6.25. The Hall–Kier alpha value is -3.50. The van der Waals surface area contributed by atoms with Crippen LogP contribution in [0.25, 0.3) is 11.4 Å². The van der Waals surface area contributed by atoms with Crippen LogP contribution in [-0.4, -0.2) is 38.0 Å². The Bertz CT molecular complexity index is 1030. The predicted molar refractivity (Wildman–Crippen MR) is 97.2 cm³/mol. The molecule has 0 aliphatic rings. The van der Waals surface area contributed by atoms with Gasteiger partial charge in [0.15, 0.2) is 0 Å². The van der Waals surface area contributed by atoms with E-state index in [-0.39, 0.29) is 5.82 Å². The van der Waals surface area contributed by atoms with Gasteiger partial charge in [0, 0.05) is 6.20 Å². The number of alkyl halides is 3. The molecule has 152 valence electrons. The van der Waals surface area contributed by atoms with Crippen molar-refractivity contribution in [3.05, 3.63) is 47.8 Å². The molecule has 3 aromatic rings. The first-order chi connectivity index (χ1) is 13.7. The molecule has 1 atom stereocenters. The van der Waals surface area contributed by atoms with Gasteiger partial charge < -0.3 is 10.1 Å². The van der Waals surface area contributed by atoms with Crippen LogP contribution < -0.4 is 5.32 Å². The molecule has 0 bridgehead atoms. The molecule has 0 spiro atoms. The number of carbonyl (C=O) groups excluding carboxylic acids is 1. The number of halogens is 3. The zero-order chi connectivity index (χ0) is 21.2. The van der Waals surface area contributed by atoms with Gasteiger partial charge in [-0.1, -0.05) is 5.21 Å². The van der Waals surface area contributed by atoms with Crippen LogP contribution in [0.15, 0.2) is 36.7 Å². The van der Waals surface area contributed by atoms with Crippen molar-refractivity contribution in [2.75, 3.05) is 12.4 Å². The van der Waals surface area contributed by atoms with Crippen molar-refractivity contribution in [3.63, 3.8) is 0 Å². The van der Waals surface area contributed by atoms with Crippen LogP contribution >= 0.6 is 0 Å². The lowest BCUT2D eigenvalue weighted by Gasteiger charge is -2.10. The van der Waals surface area contributed by atoms with Crippen molar-refractivity contribution >= 4 is 17.6 Å². The van der Waals surface area contributed by atoms with E-state index >= 15 is 0 Å². The number of hydrogen-bond acceptors (Lipinski definition) is 7. The lowest BCUT2D eigenvalue weighted by atomic mass is 10.2. The quantitative estimate of drug-likeness (QED) is 0.648.